The summed E-state index contributed by atoms with van der Waals surface area (Å²) in [6, 6.07) is 19.4. The molecular formula is C22H18ClNO2. The zero-order chi connectivity index (χ0) is 18.7. The molecule has 0 aliphatic carbocycles. The highest BCUT2D eigenvalue weighted by Crippen LogP contribution is 2.25. The molecule has 4 heteroatoms. The maximum Gasteiger partial charge on any atom is 0.255 e. The molecule has 0 aromatic heterocycles. The molecule has 0 saturated carbocycles. The number of rotatable bonds is 4. The number of nitrogens with one attached hydrogen (secondary N) is 1. The molecule has 3 aromatic carbocycles. The standard InChI is InChI=1S/C22H18ClNO2/c1-14-8-10-18(15(2)12-14)22(26)24-20-11-9-17(23)13-19(20)21(25)16-6-4-3-5-7-16/h3-13H,1-2H3,(H,24,26). The molecule has 3 aromatic rings. The number of anilines is 1. The summed E-state index contributed by atoms with van der Waals surface area (Å²) in [5.41, 5.74) is 3.88. The Morgan fingerprint density at radius 3 is 2.27 bits per heavy atom. The van der Waals surface area contributed by atoms with Crippen LogP contribution in [-0.2, 0) is 0 Å². The lowest BCUT2D eigenvalue weighted by Crippen LogP contribution is -2.16. The lowest BCUT2D eigenvalue weighted by Gasteiger charge is -2.13. The second kappa shape index (κ2) is 7.54. The molecule has 0 spiro atoms. The van der Waals surface area contributed by atoms with Gasteiger partial charge in [-0.3, -0.25) is 9.59 Å². The predicted octanol–water partition coefficient (Wildman–Crippen LogP) is 5.44. The number of halogens is 1. The van der Waals surface area contributed by atoms with Crippen molar-refractivity contribution in [2.75, 3.05) is 5.32 Å². The van der Waals surface area contributed by atoms with E-state index < -0.39 is 0 Å². The average molecular weight is 364 g/mol. The number of amides is 1. The highest BCUT2D eigenvalue weighted by Gasteiger charge is 2.17. The summed E-state index contributed by atoms with van der Waals surface area (Å²) in [4.78, 5) is 25.5. The van der Waals surface area contributed by atoms with Crippen LogP contribution in [0.4, 0.5) is 5.69 Å². The third-order valence-electron chi connectivity index (χ3n) is 4.14. The quantitative estimate of drug-likeness (QED) is 0.627. The first-order chi connectivity index (χ1) is 12.5. The summed E-state index contributed by atoms with van der Waals surface area (Å²) >= 11 is 6.08. The SMILES string of the molecule is Cc1ccc(C(=O)Nc2ccc(Cl)cc2C(=O)c2ccccc2)c(C)c1. The van der Waals surface area contributed by atoms with Crippen molar-refractivity contribution >= 4 is 29.0 Å². The minimum atomic E-state index is -0.257. The molecule has 130 valence electrons. The fourth-order valence-electron chi connectivity index (χ4n) is 2.82. The molecule has 0 unspecified atom stereocenters. The van der Waals surface area contributed by atoms with E-state index in [0.29, 0.717) is 27.4 Å². The number of aryl methyl sites for hydroxylation is 2. The van der Waals surface area contributed by atoms with Crippen molar-refractivity contribution in [2.45, 2.75) is 13.8 Å². The molecule has 1 N–H and O–H groups in total. The van der Waals surface area contributed by atoms with Gasteiger partial charge in [-0.05, 0) is 43.7 Å². The Morgan fingerprint density at radius 1 is 0.846 bits per heavy atom. The normalized spacial score (nSPS) is 10.4. The van der Waals surface area contributed by atoms with Crippen LogP contribution in [0.5, 0.6) is 0 Å². The number of ketones is 1. The van der Waals surface area contributed by atoms with Crippen molar-refractivity contribution < 1.29 is 9.59 Å². The molecule has 1 amide bonds. The van der Waals surface area contributed by atoms with Crippen LogP contribution in [0, 0.1) is 13.8 Å². The molecule has 0 heterocycles. The van der Waals surface area contributed by atoms with Gasteiger partial charge in [0.25, 0.3) is 5.91 Å². The second-order valence-corrected chi connectivity index (χ2v) is 6.59. The van der Waals surface area contributed by atoms with Gasteiger partial charge in [-0.1, -0.05) is 59.6 Å². The Balaban J connectivity index is 1.95. The van der Waals surface area contributed by atoms with Crippen LogP contribution in [0.25, 0.3) is 0 Å². The number of benzene rings is 3. The minimum absolute atomic E-state index is 0.191. The van der Waals surface area contributed by atoms with E-state index in [1.807, 2.05) is 32.0 Å². The van der Waals surface area contributed by atoms with Gasteiger partial charge in [0.2, 0.25) is 0 Å². The minimum Gasteiger partial charge on any atom is -0.321 e. The van der Waals surface area contributed by atoms with Crippen LogP contribution in [0.3, 0.4) is 0 Å². The monoisotopic (exact) mass is 363 g/mol. The van der Waals surface area contributed by atoms with Crippen LogP contribution in [0.2, 0.25) is 5.02 Å². The summed E-state index contributed by atoms with van der Waals surface area (Å²) in [7, 11) is 0. The third kappa shape index (κ3) is 3.84. The Kier molecular flexibility index (Phi) is 5.19. The van der Waals surface area contributed by atoms with E-state index in [-0.39, 0.29) is 11.7 Å². The van der Waals surface area contributed by atoms with Crippen LogP contribution >= 0.6 is 11.6 Å². The summed E-state index contributed by atoms with van der Waals surface area (Å²) in [5.74, 6) is -0.448. The highest BCUT2D eigenvalue weighted by atomic mass is 35.5. The van der Waals surface area contributed by atoms with Crippen molar-refractivity contribution in [3.63, 3.8) is 0 Å². The van der Waals surface area contributed by atoms with Gasteiger partial charge in [-0.2, -0.15) is 0 Å². The van der Waals surface area contributed by atoms with E-state index in [2.05, 4.69) is 5.32 Å². The Hall–Kier alpha value is -2.91. The maximum absolute atomic E-state index is 12.8. The second-order valence-electron chi connectivity index (χ2n) is 6.16. The van der Waals surface area contributed by atoms with Gasteiger partial charge in [0, 0.05) is 21.7 Å². The van der Waals surface area contributed by atoms with Crippen LogP contribution in [0.1, 0.15) is 37.4 Å². The van der Waals surface area contributed by atoms with Crippen molar-refractivity contribution in [3.05, 3.63) is 99.6 Å². The molecular weight excluding hydrogens is 346 g/mol. The molecule has 26 heavy (non-hydrogen) atoms. The van der Waals surface area contributed by atoms with Gasteiger partial charge in [-0.25, -0.2) is 0 Å². The van der Waals surface area contributed by atoms with Gasteiger partial charge in [0.1, 0.15) is 0 Å². The molecule has 3 rings (SSSR count). The first-order valence-electron chi connectivity index (χ1n) is 8.23. The third-order valence-corrected chi connectivity index (χ3v) is 4.37. The van der Waals surface area contributed by atoms with Gasteiger partial charge < -0.3 is 5.32 Å². The molecule has 0 fully saturated rings. The topological polar surface area (TPSA) is 46.2 Å². The summed E-state index contributed by atoms with van der Waals surface area (Å²) in [6.07, 6.45) is 0. The molecule has 3 nitrogen and oxygen atoms in total. The van der Waals surface area contributed by atoms with E-state index >= 15 is 0 Å². The number of carbonyl (C=O) groups is 2. The molecule has 0 aliphatic heterocycles. The zero-order valence-corrected chi connectivity index (χ0v) is 15.3. The number of hydrogen-bond donors (Lipinski definition) is 1. The van der Waals surface area contributed by atoms with Gasteiger partial charge >= 0.3 is 0 Å². The van der Waals surface area contributed by atoms with Crippen molar-refractivity contribution in [1.29, 1.82) is 0 Å². The summed E-state index contributed by atoms with van der Waals surface area (Å²) in [6.45, 7) is 3.87. The Bertz CT molecular complexity index is 981. The van der Waals surface area contributed by atoms with Gasteiger partial charge in [0.15, 0.2) is 5.78 Å². The Morgan fingerprint density at radius 2 is 1.58 bits per heavy atom. The van der Waals surface area contributed by atoms with E-state index in [1.54, 1.807) is 48.5 Å². The number of carbonyl (C=O) groups excluding carboxylic acids is 2. The molecule has 0 bridgehead atoms. The van der Waals surface area contributed by atoms with Crippen LogP contribution in [0.15, 0.2) is 66.7 Å². The highest BCUT2D eigenvalue weighted by molar-refractivity contribution is 6.31. The van der Waals surface area contributed by atoms with Gasteiger partial charge in [-0.15, -0.1) is 0 Å². The molecule has 0 radical (unpaired) electrons. The van der Waals surface area contributed by atoms with Crippen molar-refractivity contribution in [3.8, 4) is 0 Å². The lowest BCUT2D eigenvalue weighted by molar-refractivity contribution is 0.102. The first kappa shape index (κ1) is 17.9. The molecule has 0 atom stereocenters. The zero-order valence-electron chi connectivity index (χ0n) is 14.5. The first-order valence-corrected chi connectivity index (χ1v) is 8.61. The fraction of sp³-hybridized carbons (Fsp3) is 0.0909. The van der Waals surface area contributed by atoms with E-state index in [4.69, 9.17) is 11.6 Å². The summed E-state index contributed by atoms with van der Waals surface area (Å²) < 4.78 is 0. The predicted molar refractivity (Wildman–Crippen MR) is 105 cm³/mol. The smallest absolute Gasteiger partial charge is 0.255 e. The Labute approximate surface area is 157 Å². The largest absolute Gasteiger partial charge is 0.321 e. The van der Waals surface area contributed by atoms with E-state index in [1.165, 1.54) is 0 Å². The maximum atomic E-state index is 12.8. The summed E-state index contributed by atoms with van der Waals surface area (Å²) in [5, 5.41) is 3.29. The van der Waals surface area contributed by atoms with Crippen molar-refractivity contribution in [1.82, 2.24) is 0 Å². The van der Waals surface area contributed by atoms with Crippen LogP contribution in [-0.4, -0.2) is 11.7 Å². The fourth-order valence-corrected chi connectivity index (χ4v) is 2.99. The van der Waals surface area contributed by atoms with Crippen LogP contribution < -0.4 is 5.32 Å². The van der Waals surface area contributed by atoms with Gasteiger partial charge in [0.05, 0.1) is 5.69 Å². The molecule has 0 aliphatic rings. The van der Waals surface area contributed by atoms with E-state index in [9.17, 15) is 9.59 Å². The lowest BCUT2D eigenvalue weighted by atomic mass is 10.0. The average Bonchev–Trinajstić information content (AvgIpc) is 2.63. The van der Waals surface area contributed by atoms with Crippen molar-refractivity contribution in [2.24, 2.45) is 0 Å². The molecule has 0 saturated heterocycles. The van der Waals surface area contributed by atoms with E-state index in [0.717, 1.165) is 11.1 Å². The number of hydrogen-bond acceptors (Lipinski definition) is 2.